The summed E-state index contributed by atoms with van der Waals surface area (Å²) in [5.74, 6) is 0.511. The molecular formula is C19H33FIN3O2. The molecule has 1 aromatic carbocycles. The van der Waals surface area contributed by atoms with Crippen LogP contribution in [0.5, 0.6) is 0 Å². The number of hydrogen-bond acceptors (Lipinski definition) is 3. The van der Waals surface area contributed by atoms with Crippen LogP contribution in [-0.2, 0) is 22.6 Å². The Labute approximate surface area is 174 Å². The molecule has 0 atom stereocenters. The van der Waals surface area contributed by atoms with Crippen molar-refractivity contribution in [1.29, 1.82) is 0 Å². The van der Waals surface area contributed by atoms with Crippen molar-refractivity contribution in [2.24, 2.45) is 4.99 Å². The molecule has 0 heterocycles. The highest BCUT2D eigenvalue weighted by atomic mass is 127. The lowest BCUT2D eigenvalue weighted by Crippen LogP contribution is -2.38. The van der Waals surface area contributed by atoms with Crippen molar-refractivity contribution >= 4 is 29.9 Å². The average molecular weight is 481 g/mol. The summed E-state index contributed by atoms with van der Waals surface area (Å²) in [5, 5.41) is 6.51. The minimum Gasteiger partial charge on any atom is -0.381 e. The van der Waals surface area contributed by atoms with Crippen LogP contribution in [0, 0.1) is 5.82 Å². The molecule has 0 fully saturated rings. The number of methoxy groups -OCH3 is 1. The standard InChI is InChI=1S/C19H32FN3O2.HI/c1-4-6-11-25-12-7-10-22-19(21-5-2)23-14-16-8-9-18(20)17(13-16)15-24-3;/h8-9,13H,4-7,10-12,14-15H2,1-3H3,(H2,21,22,23);1H. The van der Waals surface area contributed by atoms with Gasteiger partial charge in [0.15, 0.2) is 5.96 Å². The van der Waals surface area contributed by atoms with E-state index >= 15 is 0 Å². The molecule has 0 aromatic heterocycles. The van der Waals surface area contributed by atoms with Gasteiger partial charge in [-0.15, -0.1) is 24.0 Å². The lowest BCUT2D eigenvalue weighted by Gasteiger charge is -2.12. The summed E-state index contributed by atoms with van der Waals surface area (Å²) in [6.07, 6.45) is 3.20. The monoisotopic (exact) mass is 481 g/mol. The van der Waals surface area contributed by atoms with E-state index in [2.05, 4.69) is 22.5 Å². The Morgan fingerprint density at radius 3 is 2.62 bits per heavy atom. The van der Waals surface area contributed by atoms with Crippen molar-refractivity contribution in [2.75, 3.05) is 33.4 Å². The molecule has 26 heavy (non-hydrogen) atoms. The molecule has 0 radical (unpaired) electrons. The Balaban J connectivity index is 0.00000625. The van der Waals surface area contributed by atoms with Gasteiger partial charge in [0.2, 0.25) is 0 Å². The lowest BCUT2D eigenvalue weighted by atomic mass is 10.1. The highest BCUT2D eigenvalue weighted by Crippen LogP contribution is 2.12. The fraction of sp³-hybridized carbons (Fsp3) is 0.632. The zero-order valence-electron chi connectivity index (χ0n) is 16.1. The van der Waals surface area contributed by atoms with Crippen LogP contribution in [0.4, 0.5) is 4.39 Å². The number of rotatable bonds is 12. The van der Waals surface area contributed by atoms with Gasteiger partial charge in [0.1, 0.15) is 5.82 Å². The zero-order valence-corrected chi connectivity index (χ0v) is 18.5. The Morgan fingerprint density at radius 1 is 1.15 bits per heavy atom. The molecule has 0 saturated carbocycles. The first kappa shape index (κ1) is 25.1. The molecule has 0 amide bonds. The van der Waals surface area contributed by atoms with Crippen LogP contribution in [0.1, 0.15) is 44.2 Å². The second-order valence-electron chi connectivity index (χ2n) is 5.80. The molecule has 0 spiro atoms. The summed E-state index contributed by atoms with van der Waals surface area (Å²) in [5.41, 5.74) is 1.51. The molecule has 0 aliphatic rings. The van der Waals surface area contributed by atoms with Crippen LogP contribution < -0.4 is 10.6 Å². The van der Waals surface area contributed by atoms with E-state index in [1.165, 1.54) is 6.07 Å². The molecule has 1 rings (SSSR count). The number of nitrogens with one attached hydrogen (secondary N) is 2. The van der Waals surface area contributed by atoms with Gasteiger partial charge >= 0.3 is 0 Å². The summed E-state index contributed by atoms with van der Waals surface area (Å²) in [6, 6.07) is 5.02. The van der Waals surface area contributed by atoms with Crippen molar-refractivity contribution in [3.63, 3.8) is 0 Å². The second-order valence-corrected chi connectivity index (χ2v) is 5.80. The topological polar surface area (TPSA) is 54.9 Å². The minimum absolute atomic E-state index is 0. The summed E-state index contributed by atoms with van der Waals surface area (Å²) < 4.78 is 24.2. The molecule has 0 saturated heterocycles. The van der Waals surface area contributed by atoms with Crippen molar-refractivity contribution in [2.45, 2.75) is 46.3 Å². The summed E-state index contributed by atoms with van der Waals surface area (Å²) in [7, 11) is 1.56. The van der Waals surface area contributed by atoms with Gasteiger partial charge in [-0.05, 0) is 37.5 Å². The van der Waals surface area contributed by atoms with Crippen LogP contribution in [-0.4, -0.2) is 39.4 Å². The van der Waals surface area contributed by atoms with E-state index in [0.29, 0.717) is 12.1 Å². The van der Waals surface area contributed by atoms with Gasteiger partial charge in [-0.3, -0.25) is 0 Å². The van der Waals surface area contributed by atoms with Gasteiger partial charge < -0.3 is 20.1 Å². The van der Waals surface area contributed by atoms with E-state index in [9.17, 15) is 4.39 Å². The summed E-state index contributed by atoms with van der Waals surface area (Å²) >= 11 is 0. The number of nitrogens with zero attached hydrogens (tertiary/aromatic N) is 1. The zero-order chi connectivity index (χ0) is 18.3. The first-order valence-electron chi connectivity index (χ1n) is 9.07. The molecule has 0 aliphatic carbocycles. The number of aliphatic imine (C=N–C) groups is 1. The van der Waals surface area contributed by atoms with Crippen LogP contribution in [0.2, 0.25) is 0 Å². The molecule has 0 bridgehead atoms. The van der Waals surface area contributed by atoms with Gasteiger partial charge in [-0.1, -0.05) is 19.4 Å². The quantitative estimate of drug-likeness (QED) is 0.206. The van der Waals surface area contributed by atoms with Crippen molar-refractivity contribution in [1.82, 2.24) is 10.6 Å². The number of benzene rings is 1. The third-order valence-corrected chi connectivity index (χ3v) is 3.57. The Morgan fingerprint density at radius 2 is 1.92 bits per heavy atom. The molecule has 0 aliphatic heterocycles. The van der Waals surface area contributed by atoms with Gasteiger partial charge in [0.05, 0.1) is 13.2 Å². The van der Waals surface area contributed by atoms with Gasteiger partial charge in [-0.25, -0.2) is 9.38 Å². The first-order valence-corrected chi connectivity index (χ1v) is 9.07. The van der Waals surface area contributed by atoms with E-state index in [1.807, 2.05) is 6.92 Å². The second kappa shape index (κ2) is 16.3. The molecule has 5 nitrogen and oxygen atoms in total. The summed E-state index contributed by atoms with van der Waals surface area (Å²) in [4.78, 5) is 4.55. The molecule has 150 valence electrons. The minimum atomic E-state index is -0.248. The third kappa shape index (κ3) is 10.9. The van der Waals surface area contributed by atoms with Crippen LogP contribution in [0.25, 0.3) is 0 Å². The fourth-order valence-electron chi connectivity index (χ4n) is 2.23. The predicted molar refractivity (Wildman–Crippen MR) is 116 cm³/mol. The normalized spacial score (nSPS) is 11.2. The highest BCUT2D eigenvalue weighted by Gasteiger charge is 2.04. The van der Waals surface area contributed by atoms with Crippen molar-refractivity contribution in [3.05, 3.63) is 35.1 Å². The predicted octanol–water partition coefficient (Wildman–Crippen LogP) is 3.85. The molecule has 0 unspecified atom stereocenters. The average Bonchev–Trinajstić information content (AvgIpc) is 2.61. The lowest BCUT2D eigenvalue weighted by molar-refractivity contribution is 0.129. The van der Waals surface area contributed by atoms with E-state index in [-0.39, 0.29) is 36.4 Å². The maximum Gasteiger partial charge on any atom is 0.191 e. The number of halogens is 2. The van der Waals surface area contributed by atoms with Crippen LogP contribution >= 0.6 is 24.0 Å². The smallest absolute Gasteiger partial charge is 0.191 e. The maximum atomic E-state index is 13.6. The van der Waals surface area contributed by atoms with Crippen LogP contribution in [0.15, 0.2) is 23.2 Å². The Kier molecular flexibility index (Phi) is 15.7. The van der Waals surface area contributed by atoms with Gasteiger partial charge in [0, 0.05) is 39.0 Å². The molecule has 2 N–H and O–H groups in total. The number of unbranched alkanes of at least 4 members (excludes halogenated alkanes) is 1. The van der Waals surface area contributed by atoms with Crippen LogP contribution in [0.3, 0.4) is 0 Å². The first-order chi connectivity index (χ1) is 12.2. The molecular weight excluding hydrogens is 448 g/mol. The van der Waals surface area contributed by atoms with E-state index < -0.39 is 0 Å². The number of hydrogen-bond donors (Lipinski definition) is 2. The summed E-state index contributed by atoms with van der Waals surface area (Å²) in [6.45, 7) is 8.11. The number of ether oxygens (including phenoxy) is 2. The maximum absolute atomic E-state index is 13.6. The Bertz CT molecular complexity index is 516. The highest BCUT2D eigenvalue weighted by molar-refractivity contribution is 14.0. The van der Waals surface area contributed by atoms with E-state index in [4.69, 9.17) is 9.47 Å². The van der Waals surface area contributed by atoms with E-state index in [1.54, 1.807) is 19.2 Å². The molecule has 1 aromatic rings. The third-order valence-electron chi connectivity index (χ3n) is 3.57. The van der Waals surface area contributed by atoms with Gasteiger partial charge in [-0.2, -0.15) is 0 Å². The van der Waals surface area contributed by atoms with Crippen molar-refractivity contribution < 1.29 is 13.9 Å². The van der Waals surface area contributed by atoms with Gasteiger partial charge in [0.25, 0.3) is 0 Å². The Hall–Kier alpha value is -0.930. The molecule has 7 heteroatoms. The number of guanidine groups is 1. The fourth-order valence-corrected chi connectivity index (χ4v) is 2.23. The largest absolute Gasteiger partial charge is 0.381 e. The SMILES string of the molecule is CCCCOCCCNC(=NCc1ccc(F)c(COC)c1)NCC.I. The van der Waals surface area contributed by atoms with Crippen molar-refractivity contribution in [3.8, 4) is 0 Å². The van der Waals surface area contributed by atoms with E-state index in [0.717, 1.165) is 57.1 Å².